The van der Waals surface area contributed by atoms with Crippen LogP contribution in [0.15, 0.2) is 0 Å². The Morgan fingerprint density at radius 1 is 0.789 bits per heavy atom. The standard InChI is InChI=1S/C16H31N3/c1(2-8-17-16-6-7-16)3-9-18-10-12-19(13-11-18)14-15-4-5-15/h15-17H,1-14H2. The van der Waals surface area contributed by atoms with Crippen LogP contribution in [0.5, 0.6) is 0 Å². The quantitative estimate of drug-likeness (QED) is 0.643. The van der Waals surface area contributed by atoms with Gasteiger partial charge in [0.25, 0.3) is 0 Å². The summed E-state index contributed by atoms with van der Waals surface area (Å²) in [4.78, 5) is 5.37. The van der Waals surface area contributed by atoms with Gasteiger partial charge in [-0.05, 0) is 57.5 Å². The summed E-state index contributed by atoms with van der Waals surface area (Å²) < 4.78 is 0. The third-order valence-corrected chi connectivity index (χ3v) is 4.84. The highest BCUT2D eigenvalue weighted by Crippen LogP contribution is 2.29. The lowest BCUT2D eigenvalue weighted by Crippen LogP contribution is -2.47. The molecule has 19 heavy (non-hydrogen) atoms. The molecule has 0 unspecified atom stereocenters. The molecule has 110 valence electrons. The number of unbranched alkanes of at least 4 members (excludes halogenated alkanes) is 2. The van der Waals surface area contributed by atoms with Crippen LogP contribution in [0, 0.1) is 5.92 Å². The minimum atomic E-state index is 0.888. The van der Waals surface area contributed by atoms with Crippen molar-refractivity contribution in [3.63, 3.8) is 0 Å². The fraction of sp³-hybridized carbons (Fsp3) is 1.00. The lowest BCUT2D eigenvalue weighted by molar-refractivity contribution is 0.127. The van der Waals surface area contributed by atoms with E-state index in [1.54, 1.807) is 0 Å². The van der Waals surface area contributed by atoms with E-state index in [2.05, 4.69) is 15.1 Å². The lowest BCUT2D eigenvalue weighted by Gasteiger charge is -2.34. The van der Waals surface area contributed by atoms with E-state index >= 15 is 0 Å². The Balaban J connectivity index is 1.15. The van der Waals surface area contributed by atoms with Crippen LogP contribution >= 0.6 is 0 Å². The maximum atomic E-state index is 3.60. The van der Waals surface area contributed by atoms with Gasteiger partial charge in [-0.3, -0.25) is 0 Å². The van der Waals surface area contributed by atoms with Gasteiger partial charge in [0.05, 0.1) is 0 Å². The normalized spacial score (nSPS) is 25.9. The second kappa shape index (κ2) is 7.05. The predicted molar refractivity (Wildman–Crippen MR) is 80.5 cm³/mol. The summed E-state index contributed by atoms with van der Waals surface area (Å²) in [6.45, 7) is 9.24. The van der Waals surface area contributed by atoms with Crippen LogP contribution in [0.4, 0.5) is 0 Å². The highest BCUT2D eigenvalue weighted by Gasteiger charge is 2.26. The van der Waals surface area contributed by atoms with Gasteiger partial charge in [-0.2, -0.15) is 0 Å². The van der Waals surface area contributed by atoms with Crippen LogP contribution in [-0.2, 0) is 0 Å². The first-order valence-corrected chi connectivity index (χ1v) is 8.58. The largest absolute Gasteiger partial charge is 0.314 e. The minimum Gasteiger partial charge on any atom is -0.314 e. The van der Waals surface area contributed by atoms with E-state index in [9.17, 15) is 0 Å². The van der Waals surface area contributed by atoms with Crippen molar-refractivity contribution in [1.29, 1.82) is 0 Å². The molecular formula is C16H31N3. The SMILES string of the molecule is C(CCNC1CC1)CCN1CCN(CC2CC2)CC1. The Bertz CT molecular complexity index is 253. The Morgan fingerprint density at radius 2 is 1.53 bits per heavy atom. The predicted octanol–water partition coefficient (Wildman–Crippen LogP) is 1.94. The summed E-state index contributed by atoms with van der Waals surface area (Å²) in [5.74, 6) is 1.06. The van der Waals surface area contributed by atoms with Crippen molar-refractivity contribution in [1.82, 2.24) is 15.1 Å². The average Bonchev–Trinajstić information content (AvgIpc) is 3.30. The molecule has 0 spiro atoms. The molecule has 3 nitrogen and oxygen atoms in total. The number of hydrogen-bond acceptors (Lipinski definition) is 3. The molecule has 0 aromatic heterocycles. The van der Waals surface area contributed by atoms with Crippen molar-refractivity contribution in [2.24, 2.45) is 5.92 Å². The Kier molecular flexibility index (Phi) is 5.14. The van der Waals surface area contributed by atoms with E-state index in [0.717, 1.165) is 12.0 Å². The van der Waals surface area contributed by atoms with Crippen molar-refractivity contribution in [3.8, 4) is 0 Å². The Morgan fingerprint density at radius 3 is 2.21 bits per heavy atom. The third-order valence-electron chi connectivity index (χ3n) is 4.84. The van der Waals surface area contributed by atoms with Crippen LogP contribution < -0.4 is 5.32 Å². The van der Waals surface area contributed by atoms with Gasteiger partial charge in [-0.25, -0.2) is 0 Å². The third kappa shape index (κ3) is 5.41. The average molecular weight is 265 g/mol. The smallest absolute Gasteiger partial charge is 0.0110 e. The molecule has 0 radical (unpaired) electrons. The maximum absolute atomic E-state index is 3.60. The van der Waals surface area contributed by atoms with E-state index < -0.39 is 0 Å². The van der Waals surface area contributed by atoms with Crippen LogP contribution in [-0.4, -0.2) is 61.7 Å². The van der Waals surface area contributed by atoms with Gasteiger partial charge in [0, 0.05) is 38.8 Å². The maximum Gasteiger partial charge on any atom is 0.0110 e. The minimum absolute atomic E-state index is 0.888. The molecule has 0 aromatic carbocycles. The molecule has 1 saturated heterocycles. The van der Waals surface area contributed by atoms with E-state index in [4.69, 9.17) is 0 Å². The molecule has 3 heteroatoms. The van der Waals surface area contributed by atoms with Crippen LogP contribution in [0.3, 0.4) is 0 Å². The molecule has 3 fully saturated rings. The molecule has 2 aliphatic carbocycles. The zero-order chi connectivity index (χ0) is 12.9. The monoisotopic (exact) mass is 265 g/mol. The molecular weight excluding hydrogens is 234 g/mol. The van der Waals surface area contributed by atoms with E-state index in [-0.39, 0.29) is 0 Å². The van der Waals surface area contributed by atoms with Crippen molar-refractivity contribution in [3.05, 3.63) is 0 Å². The van der Waals surface area contributed by atoms with E-state index in [1.807, 2.05) is 0 Å². The van der Waals surface area contributed by atoms with Gasteiger partial charge in [0.2, 0.25) is 0 Å². The Hall–Kier alpha value is -0.120. The highest BCUT2D eigenvalue weighted by atomic mass is 15.3. The zero-order valence-electron chi connectivity index (χ0n) is 12.4. The number of piperazine rings is 1. The highest BCUT2D eigenvalue weighted by molar-refractivity contribution is 4.81. The summed E-state index contributed by atoms with van der Waals surface area (Å²) in [5.41, 5.74) is 0. The zero-order valence-corrected chi connectivity index (χ0v) is 12.4. The Labute approximate surface area is 118 Å². The second-order valence-electron chi connectivity index (χ2n) is 6.87. The fourth-order valence-electron chi connectivity index (χ4n) is 3.09. The van der Waals surface area contributed by atoms with Gasteiger partial charge < -0.3 is 15.1 Å². The summed E-state index contributed by atoms with van der Waals surface area (Å²) in [5, 5.41) is 3.60. The molecule has 3 rings (SSSR count). The van der Waals surface area contributed by atoms with Gasteiger partial charge in [-0.15, -0.1) is 0 Å². The summed E-state index contributed by atoms with van der Waals surface area (Å²) in [7, 11) is 0. The number of rotatable bonds is 9. The molecule has 1 aliphatic heterocycles. The fourth-order valence-corrected chi connectivity index (χ4v) is 3.09. The molecule has 0 bridgehead atoms. The molecule has 2 saturated carbocycles. The molecule has 1 heterocycles. The molecule has 3 aliphatic rings. The van der Waals surface area contributed by atoms with Crippen molar-refractivity contribution in [2.75, 3.05) is 45.8 Å². The topological polar surface area (TPSA) is 18.5 Å². The van der Waals surface area contributed by atoms with Crippen LogP contribution in [0.2, 0.25) is 0 Å². The van der Waals surface area contributed by atoms with Gasteiger partial charge in [0.1, 0.15) is 0 Å². The van der Waals surface area contributed by atoms with Gasteiger partial charge in [0.15, 0.2) is 0 Å². The summed E-state index contributed by atoms with van der Waals surface area (Å²) in [6.07, 6.45) is 10.0. The molecule has 1 N–H and O–H groups in total. The number of hydrogen-bond donors (Lipinski definition) is 1. The molecule has 0 amide bonds. The van der Waals surface area contributed by atoms with E-state index in [1.165, 1.54) is 90.8 Å². The van der Waals surface area contributed by atoms with Crippen molar-refractivity contribution in [2.45, 2.75) is 51.0 Å². The van der Waals surface area contributed by atoms with E-state index in [0.29, 0.717) is 0 Å². The van der Waals surface area contributed by atoms with Crippen LogP contribution in [0.25, 0.3) is 0 Å². The molecule has 0 aromatic rings. The molecule has 0 atom stereocenters. The van der Waals surface area contributed by atoms with Gasteiger partial charge >= 0.3 is 0 Å². The lowest BCUT2D eigenvalue weighted by atomic mass is 10.2. The van der Waals surface area contributed by atoms with Crippen molar-refractivity contribution >= 4 is 0 Å². The van der Waals surface area contributed by atoms with Gasteiger partial charge in [-0.1, -0.05) is 6.42 Å². The first kappa shape index (κ1) is 13.8. The number of nitrogens with zero attached hydrogens (tertiary/aromatic N) is 2. The van der Waals surface area contributed by atoms with Crippen LogP contribution in [0.1, 0.15) is 44.9 Å². The second-order valence-corrected chi connectivity index (χ2v) is 6.87. The first-order chi connectivity index (χ1) is 9.40. The summed E-state index contributed by atoms with van der Waals surface area (Å²) >= 11 is 0. The number of nitrogens with one attached hydrogen (secondary N) is 1. The first-order valence-electron chi connectivity index (χ1n) is 8.58. The van der Waals surface area contributed by atoms with Crippen molar-refractivity contribution < 1.29 is 0 Å². The summed E-state index contributed by atoms with van der Waals surface area (Å²) in [6, 6.07) is 0.888.